The summed E-state index contributed by atoms with van der Waals surface area (Å²) in [6.45, 7) is 3.71. The quantitative estimate of drug-likeness (QED) is 0.448. The third-order valence-electron chi connectivity index (χ3n) is 3.60. The summed E-state index contributed by atoms with van der Waals surface area (Å²) in [6, 6.07) is 9.82. The fraction of sp³-hybridized carbons (Fsp3) is 0.375. The number of carbonyl (C=O) groups excluding carboxylic acids is 1. The van der Waals surface area contributed by atoms with Crippen LogP contribution in [0.1, 0.15) is 25.3 Å². The average molecular weight is 380 g/mol. The Kier molecular flexibility index (Phi) is 5.18. The summed E-state index contributed by atoms with van der Waals surface area (Å²) < 4.78 is 1.13. The van der Waals surface area contributed by atoms with E-state index in [4.69, 9.17) is 0 Å². The van der Waals surface area contributed by atoms with Crippen LogP contribution in [0.2, 0.25) is 0 Å². The minimum Gasteiger partial charge on any atom is -0.338 e. The van der Waals surface area contributed by atoms with Gasteiger partial charge in [0.05, 0.1) is 0 Å². The second-order valence-electron chi connectivity index (χ2n) is 5.20. The monoisotopic (exact) mass is 380 g/mol. The van der Waals surface area contributed by atoms with E-state index in [1.165, 1.54) is 0 Å². The van der Waals surface area contributed by atoms with Gasteiger partial charge >= 0.3 is 0 Å². The lowest BCUT2D eigenvalue weighted by molar-refractivity contribution is -0.127. The molecular weight excluding hydrogens is 363 g/mol. The lowest BCUT2D eigenvalue weighted by atomic mass is 9.98. The highest BCUT2D eigenvalue weighted by molar-refractivity contribution is 14.1. The fourth-order valence-corrected chi connectivity index (χ4v) is 2.61. The van der Waals surface area contributed by atoms with E-state index in [9.17, 15) is 10.1 Å². The van der Waals surface area contributed by atoms with Gasteiger partial charge in [0, 0.05) is 16.7 Å². The van der Waals surface area contributed by atoms with Gasteiger partial charge in [0.25, 0.3) is 5.91 Å². The molecule has 0 N–H and O–H groups in total. The molecule has 4 heteroatoms. The zero-order valence-electron chi connectivity index (χ0n) is 11.5. The van der Waals surface area contributed by atoms with E-state index in [0.717, 1.165) is 35.1 Å². The minimum atomic E-state index is -0.141. The van der Waals surface area contributed by atoms with Crippen LogP contribution in [0.15, 0.2) is 29.8 Å². The summed E-state index contributed by atoms with van der Waals surface area (Å²) in [5.41, 5.74) is 1.11. The molecule has 0 unspecified atom stereocenters. The Labute approximate surface area is 133 Å². The number of hydrogen-bond acceptors (Lipinski definition) is 2. The van der Waals surface area contributed by atoms with Crippen LogP contribution in [0.25, 0.3) is 6.08 Å². The zero-order chi connectivity index (χ0) is 14.5. The molecule has 3 nitrogen and oxygen atoms in total. The highest BCUT2D eigenvalue weighted by atomic mass is 127. The molecule has 0 atom stereocenters. The Hall–Kier alpha value is -1.35. The van der Waals surface area contributed by atoms with Crippen molar-refractivity contribution in [2.24, 2.45) is 5.92 Å². The van der Waals surface area contributed by atoms with E-state index in [1.54, 1.807) is 11.0 Å². The lowest BCUT2D eigenvalue weighted by Crippen LogP contribution is -2.38. The first-order valence-corrected chi connectivity index (χ1v) is 7.84. The van der Waals surface area contributed by atoms with Gasteiger partial charge < -0.3 is 4.90 Å². The molecule has 0 bridgehead atoms. The Morgan fingerprint density at radius 2 is 1.95 bits per heavy atom. The largest absolute Gasteiger partial charge is 0.338 e. The molecule has 1 aliphatic heterocycles. The van der Waals surface area contributed by atoms with Crippen LogP contribution in [0.3, 0.4) is 0 Å². The van der Waals surface area contributed by atoms with Crippen molar-refractivity contribution in [2.75, 3.05) is 13.1 Å². The van der Waals surface area contributed by atoms with Crippen molar-refractivity contribution in [1.82, 2.24) is 4.90 Å². The number of nitriles is 1. The van der Waals surface area contributed by atoms with Crippen molar-refractivity contribution < 1.29 is 4.79 Å². The van der Waals surface area contributed by atoms with Crippen molar-refractivity contribution in [3.05, 3.63) is 39.0 Å². The van der Waals surface area contributed by atoms with Gasteiger partial charge in [-0.05, 0) is 65.1 Å². The molecule has 1 aromatic rings. The molecule has 0 radical (unpaired) electrons. The molecule has 1 aliphatic rings. The second kappa shape index (κ2) is 6.89. The normalized spacial score (nSPS) is 16.9. The van der Waals surface area contributed by atoms with E-state index in [2.05, 4.69) is 29.5 Å². The molecular formula is C16H17IN2O. The summed E-state index contributed by atoms with van der Waals surface area (Å²) in [4.78, 5) is 14.1. The van der Waals surface area contributed by atoms with Crippen LogP contribution in [0.4, 0.5) is 0 Å². The number of rotatable bonds is 2. The van der Waals surface area contributed by atoms with Crippen molar-refractivity contribution in [1.29, 1.82) is 5.26 Å². The molecule has 1 heterocycles. The first kappa shape index (κ1) is 15.0. The SMILES string of the molecule is CC1CCN(C(=O)/C(C#N)=C\c2ccc(I)cc2)CC1. The van der Waals surface area contributed by atoms with Crippen LogP contribution < -0.4 is 0 Å². The van der Waals surface area contributed by atoms with E-state index in [-0.39, 0.29) is 11.5 Å². The number of piperidine rings is 1. The Morgan fingerprint density at radius 3 is 2.50 bits per heavy atom. The molecule has 104 valence electrons. The smallest absolute Gasteiger partial charge is 0.264 e. The van der Waals surface area contributed by atoms with Crippen LogP contribution in [-0.2, 0) is 4.79 Å². The summed E-state index contributed by atoms with van der Waals surface area (Å²) in [5, 5.41) is 9.23. The molecule has 1 saturated heterocycles. The van der Waals surface area contributed by atoms with Crippen molar-refractivity contribution in [2.45, 2.75) is 19.8 Å². The maximum Gasteiger partial charge on any atom is 0.264 e. The highest BCUT2D eigenvalue weighted by Crippen LogP contribution is 2.19. The molecule has 0 spiro atoms. The lowest BCUT2D eigenvalue weighted by Gasteiger charge is -2.30. The number of likely N-dealkylation sites (tertiary alicyclic amines) is 1. The molecule has 0 aliphatic carbocycles. The molecule has 1 aromatic carbocycles. The van der Waals surface area contributed by atoms with Crippen molar-refractivity contribution in [3.8, 4) is 6.07 Å². The van der Waals surface area contributed by atoms with Crippen molar-refractivity contribution >= 4 is 34.6 Å². The maximum atomic E-state index is 12.3. The van der Waals surface area contributed by atoms with Gasteiger partial charge in [-0.25, -0.2) is 0 Å². The highest BCUT2D eigenvalue weighted by Gasteiger charge is 2.22. The minimum absolute atomic E-state index is 0.141. The van der Waals surface area contributed by atoms with Gasteiger partial charge in [0.15, 0.2) is 0 Å². The van der Waals surface area contributed by atoms with Crippen molar-refractivity contribution in [3.63, 3.8) is 0 Å². The summed E-state index contributed by atoms with van der Waals surface area (Å²) in [7, 11) is 0. The Morgan fingerprint density at radius 1 is 1.35 bits per heavy atom. The standard InChI is InChI=1S/C16H17IN2O/c1-12-6-8-19(9-7-12)16(20)14(11-18)10-13-2-4-15(17)5-3-13/h2-5,10,12H,6-9H2,1H3/b14-10-. The Balaban J connectivity index is 2.13. The summed E-state index contributed by atoms with van der Waals surface area (Å²) in [5.74, 6) is 0.530. The molecule has 0 saturated carbocycles. The number of benzene rings is 1. The van der Waals surface area contributed by atoms with Gasteiger partial charge in [-0.15, -0.1) is 0 Å². The van der Waals surface area contributed by atoms with Gasteiger partial charge in [-0.2, -0.15) is 5.26 Å². The van der Waals surface area contributed by atoms with Crippen LogP contribution >= 0.6 is 22.6 Å². The van der Waals surface area contributed by atoms with E-state index < -0.39 is 0 Å². The zero-order valence-corrected chi connectivity index (χ0v) is 13.6. The molecule has 2 rings (SSSR count). The third-order valence-corrected chi connectivity index (χ3v) is 4.32. The number of hydrogen-bond donors (Lipinski definition) is 0. The van der Waals surface area contributed by atoms with E-state index in [1.807, 2.05) is 30.3 Å². The first-order valence-electron chi connectivity index (χ1n) is 6.77. The van der Waals surface area contributed by atoms with Gasteiger partial charge in [-0.3, -0.25) is 4.79 Å². The van der Waals surface area contributed by atoms with Crippen LogP contribution in [0, 0.1) is 20.8 Å². The first-order chi connectivity index (χ1) is 9.60. The van der Waals surface area contributed by atoms with E-state index in [0.29, 0.717) is 5.92 Å². The predicted molar refractivity (Wildman–Crippen MR) is 87.7 cm³/mol. The van der Waals surface area contributed by atoms with Gasteiger partial charge in [0.2, 0.25) is 0 Å². The van der Waals surface area contributed by atoms with E-state index >= 15 is 0 Å². The second-order valence-corrected chi connectivity index (χ2v) is 6.44. The predicted octanol–water partition coefficient (Wildman–Crippen LogP) is 3.46. The van der Waals surface area contributed by atoms with Crippen LogP contribution in [0.5, 0.6) is 0 Å². The number of halogens is 1. The van der Waals surface area contributed by atoms with Gasteiger partial charge in [-0.1, -0.05) is 19.1 Å². The maximum absolute atomic E-state index is 12.3. The fourth-order valence-electron chi connectivity index (χ4n) is 2.25. The summed E-state index contributed by atoms with van der Waals surface area (Å²) >= 11 is 2.23. The van der Waals surface area contributed by atoms with Gasteiger partial charge in [0.1, 0.15) is 11.6 Å². The van der Waals surface area contributed by atoms with Crippen LogP contribution in [-0.4, -0.2) is 23.9 Å². The molecule has 20 heavy (non-hydrogen) atoms. The average Bonchev–Trinajstić information content (AvgIpc) is 2.47. The number of amides is 1. The number of carbonyl (C=O) groups is 1. The topological polar surface area (TPSA) is 44.1 Å². The third kappa shape index (κ3) is 3.83. The Bertz CT molecular complexity index is 549. The summed E-state index contributed by atoms with van der Waals surface area (Å²) in [6.07, 6.45) is 3.72. The number of nitrogens with zero attached hydrogens (tertiary/aromatic N) is 2. The molecule has 1 amide bonds. The molecule has 1 fully saturated rings. The molecule has 0 aromatic heterocycles.